The molecule has 3 unspecified atom stereocenters. The Balaban J connectivity index is 2.88. The zero-order chi connectivity index (χ0) is 16.0. The van der Waals surface area contributed by atoms with E-state index in [1.807, 2.05) is 4.90 Å². The van der Waals surface area contributed by atoms with Gasteiger partial charge in [-0.25, -0.2) is 0 Å². The van der Waals surface area contributed by atoms with Crippen molar-refractivity contribution in [2.45, 2.75) is 78.8 Å². The second-order valence-electron chi connectivity index (χ2n) is 6.76. The number of amides is 2. The van der Waals surface area contributed by atoms with Gasteiger partial charge in [-0.05, 0) is 24.7 Å². The molecule has 2 amide bonds. The maximum atomic E-state index is 12.7. The minimum absolute atomic E-state index is 0.0334. The van der Waals surface area contributed by atoms with Gasteiger partial charge in [0, 0.05) is 6.54 Å². The van der Waals surface area contributed by atoms with Gasteiger partial charge in [-0.1, -0.05) is 53.9 Å². The van der Waals surface area contributed by atoms with Crippen LogP contribution in [-0.2, 0) is 9.59 Å². The summed E-state index contributed by atoms with van der Waals surface area (Å²) < 4.78 is 0. The highest BCUT2D eigenvalue weighted by molar-refractivity contribution is 5.97. The molecule has 3 atom stereocenters. The average Bonchev–Trinajstić information content (AvgIpc) is 2.42. The third-order valence-electron chi connectivity index (χ3n) is 4.39. The molecule has 1 saturated heterocycles. The van der Waals surface area contributed by atoms with Crippen LogP contribution in [0.3, 0.4) is 0 Å². The molecule has 0 aromatic rings. The van der Waals surface area contributed by atoms with Gasteiger partial charge in [-0.3, -0.25) is 9.59 Å². The average molecular weight is 296 g/mol. The lowest BCUT2D eigenvalue weighted by molar-refractivity contribution is -0.152. The number of hydrogen-bond donors (Lipinski definition) is 1. The minimum Gasteiger partial charge on any atom is -0.342 e. The van der Waals surface area contributed by atoms with E-state index >= 15 is 0 Å². The normalized spacial score (nSPS) is 24.4. The third-order valence-corrected chi connectivity index (χ3v) is 4.39. The van der Waals surface area contributed by atoms with E-state index in [-0.39, 0.29) is 29.8 Å². The van der Waals surface area contributed by atoms with Crippen molar-refractivity contribution in [3.63, 3.8) is 0 Å². The molecule has 1 heterocycles. The molecule has 0 saturated carbocycles. The molecule has 1 fully saturated rings. The largest absolute Gasteiger partial charge is 0.342 e. The van der Waals surface area contributed by atoms with E-state index in [0.29, 0.717) is 12.5 Å². The first-order valence-corrected chi connectivity index (χ1v) is 8.53. The molecule has 4 nitrogen and oxygen atoms in total. The van der Waals surface area contributed by atoms with Crippen molar-refractivity contribution in [1.82, 2.24) is 10.2 Å². The summed E-state index contributed by atoms with van der Waals surface area (Å²) in [5, 5.41) is 2.95. The van der Waals surface area contributed by atoms with Gasteiger partial charge in [-0.2, -0.15) is 0 Å². The summed E-state index contributed by atoms with van der Waals surface area (Å²) in [5.74, 6) is 0.753. The predicted octanol–water partition coefficient (Wildman–Crippen LogP) is 2.96. The van der Waals surface area contributed by atoms with Crippen LogP contribution in [0.5, 0.6) is 0 Å². The lowest BCUT2D eigenvalue weighted by Gasteiger charge is -2.42. The van der Waals surface area contributed by atoms with Gasteiger partial charge < -0.3 is 10.2 Å². The summed E-state index contributed by atoms with van der Waals surface area (Å²) >= 11 is 0. The van der Waals surface area contributed by atoms with Gasteiger partial charge in [0.05, 0.1) is 0 Å². The quantitative estimate of drug-likeness (QED) is 0.700. The van der Waals surface area contributed by atoms with Crippen LogP contribution in [0.2, 0.25) is 0 Å². The number of nitrogens with one attached hydrogen (secondary N) is 1. The Morgan fingerprint density at radius 3 is 2.33 bits per heavy atom. The first-order chi connectivity index (χ1) is 9.92. The molecule has 1 aliphatic rings. The van der Waals surface area contributed by atoms with Crippen molar-refractivity contribution in [2.24, 2.45) is 11.8 Å². The molecule has 1 rings (SSSR count). The Bertz CT molecular complexity index is 355. The van der Waals surface area contributed by atoms with Gasteiger partial charge in [0.25, 0.3) is 0 Å². The number of carbonyl (C=O) groups is 2. The molecule has 0 bridgehead atoms. The summed E-state index contributed by atoms with van der Waals surface area (Å²) in [7, 11) is 0. The molecular formula is C17H32N2O2. The standard InChI is InChI=1S/C17H32N2O2/c1-6-8-9-10-19-15(13(5)7-2)16(20)18-14(17(19)21)11-12(3)4/h12-15H,6-11H2,1-5H3,(H,18,20). The van der Waals surface area contributed by atoms with Crippen LogP contribution >= 0.6 is 0 Å². The third kappa shape index (κ3) is 4.72. The summed E-state index contributed by atoms with van der Waals surface area (Å²) in [6.07, 6.45) is 4.84. The Labute approximate surface area is 129 Å². The molecule has 21 heavy (non-hydrogen) atoms. The Morgan fingerprint density at radius 1 is 1.14 bits per heavy atom. The van der Waals surface area contributed by atoms with Crippen molar-refractivity contribution in [3.8, 4) is 0 Å². The zero-order valence-corrected chi connectivity index (χ0v) is 14.3. The first-order valence-electron chi connectivity index (χ1n) is 8.53. The summed E-state index contributed by atoms with van der Waals surface area (Å²) in [5.41, 5.74) is 0. The van der Waals surface area contributed by atoms with Gasteiger partial charge in [0.15, 0.2) is 0 Å². The number of piperazine rings is 1. The van der Waals surface area contributed by atoms with Crippen molar-refractivity contribution in [3.05, 3.63) is 0 Å². The maximum absolute atomic E-state index is 12.7. The summed E-state index contributed by atoms with van der Waals surface area (Å²) in [6.45, 7) is 11.2. The lowest BCUT2D eigenvalue weighted by atomic mass is 9.91. The molecular weight excluding hydrogens is 264 g/mol. The first kappa shape index (κ1) is 18.0. The van der Waals surface area contributed by atoms with Gasteiger partial charge >= 0.3 is 0 Å². The number of nitrogens with zero attached hydrogens (tertiary/aromatic N) is 1. The maximum Gasteiger partial charge on any atom is 0.245 e. The van der Waals surface area contributed by atoms with E-state index in [1.165, 1.54) is 0 Å². The van der Waals surface area contributed by atoms with Crippen molar-refractivity contribution in [1.29, 1.82) is 0 Å². The minimum atomic E-state index is -0.334. The van der Waals surface area contributed by atoms with Crippen molar-refractivity contribution < 1.29 is 9.59 Å². The highest BCUT2D eigenvalue weighted by Gasteiger charge is 2.42. The van der Waals surface area contributed by atoms with E-state index < -0.39 is 0 Å². The molecule has 0 aromatic heterocycles. The van der Waals surface area contributed by atoms with Crippen molar-refractivity contribution >= 4 is 11.8 Å². The Hall–Kier alpha value is -1.06. The second-order valence-corrected chi connectivity index (χ2v) is 6.76. The lowest BCUT2D eigenvalue weighted by Crippen LogP contribution is -2.65. The van der Waals surface area contributed by atoms with Gasteiger partial charge in [0.2, 0.25) is 11.8 Å². The van der Waals surface area contributed by atoms with Crippen LogP contribution in [-0.4, -0.2) is 35.3 Å². The van der Waals surface area contributed by atoms with Crippen LogP contribution in [0.4, 0.5) is 0 Å². The van der Waals surface area contributed by atoms with E-state index in [4.69, 9.17) is 0 Å². The highest BCUT2D eigenvalue weighted by atomic mass is 16.2. The Morgan fingerprint density at radius 2 is 1.81 bits per heavy atom. The fraction of sp³-hybridized carbons (Fsp3) is 0.882. The molecule has 1 aliphatic heterocycles. The SMILES string of the molecule is CCCCCN1C(=O)C(CC(C)C)NC(=O)C1C(C)CC. The molecule has 0 aliphatic carbocycles. The van der Waals surface area contributed by atoms with Crippen LogP contribution in [0.25, 0.3) is 0 Å². The fourth-order valence-electron chi connectivity index (χ4n) is 3.00. The molecule has 0 aromatic carbocycles. The van der Waals surface area contributed by atoms with Gasteiger partial charge in [0.1, 0.15) is 12.1 Å². The van der Waals surface area contributed by atoms with Crippen LogP contribution in [0.1, 0.15) is 66.7 Å². The zero-order valence-electron chi connectivity index (χ0n) is 14.3. The topological polar surface area (TPSA) is 49.4 Å². The number of hydrogen-bond acceptors (Lipinski definition) is 2. The van der Waals surface area contributed by atoms with Crippen LogP contribution in [0, 0.1) is 11.8 Å². The van der Waals surface area contributed by atoms with Crippen molar-refractivity contribution in [2.75, 3.05) is 6.54 Å². The number of carbonyl (C=O) groups excluding carboxylic acids is 2. The predicted molar refractivity (Wildman–Crippen MR) is 85.9 cm³/mol. The highest BCUT2D eigenvalue weighted by Crippen LogP contribution is 2.23. The van der Waals surface area contributed by atoms with Gasteiger partial charge in [-0.15, -0.1) is 0 Å². The molecule has 1 N–H and O–H groups in total. The molecule has 0 radical (unpaired) electrons. The molecule has 4 heteroatoms. The summed E-state index contributed by atoms with van der Waals surface area (Å²) in [6, 6.07) is -0.623. The Kier molecular flexibility index (Phi) is 7.20. The smallest absolute Gasteiger partial charge is 0.245 e. The number of unbranched alkanes of at least 4 members (excludes halogenated alkanes) is 2. The van der Waals surface area contributed by atoms with Crippen LogP contribution < -0.4 is 5.32 Å². The summed E-state index contributed by atoms with van der Waals surface area (Å²) in [4.78, 5) is 27.1. The molecule has 0 spiro atoms. The fourth-order valence-corrected chi connectivity index (χ4v) is 3.00. The number of rotatable bonds is 8. The monoisotopic (exact) mass is 296 g/mol. The van der Waals surface area contributed by atoms with E-state index in [2.05, 4.69) is 39.9 Å². The second kappa shape index (κ2) is 8.40. The van der Waals surface area contributed by atoms with Crippen LogP contribution in [0.15, 0.2) is 0 Å². The molecule has 122 valence electrons. The van der Waals surface area contributed by atoms with E-state index in [0.717, 1.165) is 32.1 Å². The van der Waals surface area contributed by atoms with E-state index in [9.17, 15) is 9.59 Å². The van der Waals surface area contributed by atoms with E-state index in [1.54, 1.807) is 0 Å².